The van der Waals surface area contributed by atoms with Crippen LogP contribution in [-0.4, -0.2) is 42.1 Å². The number of carbonyl (C=O) groups is 2. The topological polar surface area (TPSA) is 98.2 Å². The summed E-state index contributed by atoms with van der Waals surface area (Å²) in [6, 6.07) is 18.4. The van der Waals surface area contributed by atoms with Crippen molar-refractivity contribution in [3.63, 3.8) is 0 Å². The van der Waals surface area contributed by atoms with Gasteiger partial charge >= 0.3 is 5.91 Å². The SMILES string of the molecule is CCOc1ccc(C2C(=C(O)c3cccc(OC)c3)C(=O)C(=O)N2c2nc3ccc(OCC)cc3s2)cc1. The number of fused-ring (bicyclic) bond motifs is 1. The highest BCUT2D eigenvalue weighted by Crippen LogP contribution is 2.45. The van der Waals surface area contributed by atoms with Crippen molar-refractivity contribution >= 4 is 44.1 Å². The second kappa shape index (κ2) is 10.5. The van der Waals surface area contributed by atoms with Gasteiger partial charge in [0.25, 0.3) is 5.78 Å². The Hall–Kier alpha value is -4.37. The van der Waals surface area contributed by atoms with Gasteiger partial charge in [-0.3, -0.25) is 14.5 Å². The third-order valence-corrected chi connectivity index (χ3v) is 7.18. The lowest BCUT2D eigenvalue weighted by Crippen LogP contribution is -2.29. The third-order valence-electron chi connectivity index (χ3n) is 6.16. The fraction of sp³-hybridized carbons (Fsp3) is 0.207. The Morgan fingerprint density at radius 3 is 2.37 bits per heavy atom. The first-order chi connectivity index (χ1) is 18.4. The van der Waals surface area contributed by atoms with Gasteiger partial charge in [0.05, 0.1) is 42.2 Å². The van der Waals surface area contributed by atoms with Crippen molar-refractivity contribution in [1.29, 1.82) is 0 Å². The molecule has 1 fully saturated rings. The van der Waals surface area contributed by atoms with Gasteiger partial charge in [0, 0.05) is 5.56 Å². The Morgan fingerprint density at radius 2 is 1.66 bits per heavy atom. The summed E-state index contributed by atoms with van der Waals surface area (Å²) in [6.45, 7) is 4.82. The second-order valence-corrected chi connectivity index (χ2v) is 9.47. The van der Waals surface area contributed by atoms with E-state index in [2.05, 4.69) is 4.98 Å². The Bertz CT molecular complexity index is 1540. The monoisotopic (exact) mass is 530 g/mol. The number of hydrogen-bond acceptors (Lipinski definition) is 8. The Morgan fingerprint density at radius 1 is 0.947 bits per heavy atom. The lowest BCUT2D eigenvalue weighted by Gasteiger charge is -2.23. The zero-order chi connectivity index (χ0) is 26.8. The number of hydrogen-bond donors (Lipinski definition) is 1. The number of anilines is 1. The van der Waals surface area contributed by atoms with Gasteiger partial charge in [0.1, 0.15) is 23.0 Å². The molecule has 0 saturated carbocycles. The Labute approximate surface area is 223 Å². The summed E-state index contributed by atoms with van der Waals surface area (Å²) >= 11 is 1.28. The van der Waals surface area contributed by atoms with Crippen LogP contribution in [0.2, 0.25) is 0 Å². The van der Waals surface area contributed by atoms with Gasteiger partial charge in [-0.2, -0.15) is 0 Å². The lowest BCUT2D eigenvalue weighted by atomic mass is 9.95. The maximum absolute atomic E-state index is 13.5. The molecule has 3 aromatic carbocycles. The van der Waals surface area contributed by atoms with E-state index in [0.29, 0.717) is 52.2 Å². The molecule has 9 heteroatoms. The second-order valence-electron chi connectivity index (χ2n) is 8.46. The third kappa shape index (κ3) is 4.56. The van der Waals surface area contributed by atoms with Gasteiger partial charge in [-0.15, -0.1) is 0 Å². The zero-order valence-corrected chi connectivity index (χ0v) is 22.0. The van der Waals surface area contributed by atoms with E-state index in [0.717, 1.165) is 4.70 Å². The summed E-state index contributed by atoms with van der Waals surface area (Å²) in [7, 11) is 1.52. The molecule has 1 atom stereocenters. The number of carbonyl (C=O) groups excluding carboxylic acids is 2. The maximum atomic E-state index is 13.5. The maximum Gasteiger partial charge on any atom is 0.301 e. The van der Waals surface area contributed by atoms with E-state index in [4.69, 9.17) is 14.2 Å². The van der Waals surface area contributed by atoms with Crippen molar-refractivity contribution in [3.05, 3.63) is 83.4 Å². The molecule has 0 spiro atoms. The molecule has 38 heavy (non-hydrogen) atoms. The fourth-order valence-corrected chi connectivity index (χ4v) is 5.46. The first-order valence-electron chi connectivity index (χ1n) is 12.2. The van der Waals surface area contributed by atoms with E-state index in [1.54, 1.807) is 48.5 Å². The molecule has 0 bridgehead atoms. The average Bonchev–Trinajstić information content (AvgIpc) is 3.47. The number of amides is 1. The van der Waals surface area contributed by atoms with E-state index in [1.807, 2.05) is 32.0 Å². The first-order valence-corrected chi connectivity index (χ1v) is 13.0. The summed E-state index contributed by atoms with van der Waals surface area (Å²) in [6.07, 6.45) is 0. The molecule has 2 heterocycles. The summed E-state index contributed by atoms with van der Waals surface area (Å²) < 4.78 is 17.3. The van der Waals surface area contributed by atoms with Crippen LogP contribution in [0.15, 0.2) is 72.3 Å². The number of nitrogens with zero attached hydrogens (tertiary/aromatic N) is 2. The minimum absolute atomic E-state index is 0.0262. The molecule has 8 nitrogen and oxygen atoms in total. The van der Waals surface area contributed by atoms with Crippen LogP contribution >= 0.6 is 11.3 Å². The van der Waals surface area contributed by atoms with Crippen LogP contribution in [-0.2, 0) is 9.59 Å². The molecule has 0 aliphatic carbocycles. The molecule has 4 aromatic rings. The van der Waals surface area contributed by atoms with E-state index in [-0.39, 0.29) is 11.3 Å². The van der Waals surface area contributed by atoms with Crippen molar-refractivity contribution in [3.8, 4) is 17.2 Å². The van der Waals surface area contributed by atoms with E-state index in [9.17, 15) is 14.7 Å². The fourth-order valence-electron chi connectivity index (χ4n) is 4.44. The van der Waals surface area contributed by atoms with Crippen molar-refractivity contribution in [2.45, 2.75) is 19.9 Å². The summed E-state index contributed by atoms with van der Waals surface area (Å²) in [5.74, 6) is 0.0132. The van der Waals surface area contributed by atoms with Crippen LogP contribution in [0.25, 0.3) is 16.0 Å². The van der Waals surface area contributed by atoms with Crippen molar-refractivity contribution in [2.75, 3.05) is 25.2 Å². The van der Waals surface area contributed by atoms with Gasteiger partial charge in [0.15, 0.2) is 5.13 Å². The minimum atomic E-state index is -0.899. The molecule has 1 saturated heterocycles. The average molecular weight is 531 g/mol. The summed E-state index contributed by atoms with van der Waals surface area (Å²) in [5.41, 5.74) is 1.64. The predicted molar refractivity (Wildman–Crippen MR) is 146 cm³/mol. The quantitative estimate of drug-likeness (QED) is 0.177. The highest BCUT2D eigenvalue weighted by molar-refractivity contribution is 7.22. The molecule has 1 unspecified atom stereocenters. The molecule has 0 radical (unpaired) electrons. The van der Waals surface area contributed by atoms with Gasteiger partial charge in [-0.1, -0.05) is 35.6 Å². The Kier molecular flexibility index (Phi) is 7.02. The van der Waals surface area contributed by atoms with E-state index in [1.165, 1.54) is 23.3 Å². The molecule has 1 aliphatic heterocycles. The largest absolute Gasteiger partial charge is 0.507 e. The zero-order valence-electron chi connectivity index (χ0n) is 21.1. The van der Waals surface area contributed by atoms with Crippen molar-refractivity contribution < 1.29 is 28.9 Å². The van der Waals surface area contributed by atoms with Crippen LogP contribution in [0, 0.1) is 0 Å². The number of methoxy groups -OCH3 is 1. The standard InChI is InChI=1S/C29H26N2O6S/c1-4-36-19-11-9-17(10-12-19)25-24(26(32)18-7-6-8-20(15-18)35-3)27(33)28(34)31(25)29-30-22-14-13-21(37-5-2)16-23(22)38-29/h6-16,25,32H,4-5H2,1-3H3. The smallest absolute Gasteiger partial charge is 0.301 e. The van der Waals surface area contributed by atoms with Crippen LogP contribution < -0.4 is 19.1 Å². The molecule has 5 rings (SSSR count). The molecular weight excluding hydrogens is 504 g/mol. The van der Waals surface area contributed by atoms with Gasteiger partial charge < -0.3 is 19.3 Å². The van der Waals surface area contributed by atoms with Crippen LogP contribution in [0.4, 0.5) is 5.13 Å². The molecule has 1 N–H and O–H groups in total. The van der Waals surface area contributed by atoms with E-state index >= 15 is 0 Å². The molecule has 194 valence electrons. The number of aliphatic hydroxyl groups excluding tert-OH is 1. The number of ketones is 1. The number of thiazole rings is 1. The number of ether oxygens (including phenoxy) is 3. The van der Waals surface area contributed by atoms with Gasteiger partial charge in [-0.05, 0) is 61.9 Å². The van der Waals surface area contributed by atoms with E-state index < -0.39 is 17.7 Å². The summed E-state index contributed by atoms with van der Waals surface area (Å²) in [5, 5.41) is 11.7. The molecular formula is C29H26N2O6S. The number of aromatic nitrogens is 1. The number of Topliss-reactive ketones (excluding diaryl/α,β-unsaturated/α-hetero) is 1. The number of rotatable bonds is 8. The molecule has 1 aliphatic rings. The minimum Gasteiger partial charge on any atom is -0.507 e. The number of aliphatic hydroxyl groups is 1. The first kappa shape index (κ1) is 25.3. The molecule has 1 aromatic heterocycles. The van der Waals surface area contributed by atoms with Crippen LogP contribution in [0.3, 0.4) is 0 Å². The van der Waals surface area contributed by atoms with Crippen LogP contribution in [0.5, 0.6) is 17.2 Å². The summed E-state index contributed by atoms with van der Waals surface area (Å²) in [4.78, 5) is 33.0. The predicted octanol–water partition coefficient (Wildman–Crippen LogP) is 5.73. The number of benzene rings is 3. The van der Waals surface area contributed by atoms with Crippen LogP contribution in [0.1, 0.15) is 31.0 Å². The highest BCUT2D eigenvalue weighted by atomic mass is 32.1. The lowest BCUT2D eigenvalue weighted by molar-refractivity contribution is -0.132. The van der Waals surface area contributed by atoms with Gasteiger partial charge in [0.2, 0.25) is 0 Å². The normalized spacial score (nSPS) is 16.7. The van der Waals surface area contributed by atoms with Crippen molar-refractivity contribution in [2.24, 2.45) is 0 Å². The highest BCUT2D eigenvalue weighted by Gasteiger charge is 2.48. The van der Waals surface area contributed by atoms with Gasteiger partial charge in [-0.25, -0.2) is 4.98 Å². The Balaban J connectivity index is 1.67. The van der Waals surface area contributed by atoms with Crippen molar-refractivity contribution in [1.82, 2.24) is 4.98 Å². The molecule has 1 amide bonds.